The zero-order chi connectivity index (χ0) is 12.5. The van der Waals surface area contributed by atoms with Crippen molar-refractivity contribution in [2.75, 3.05) is 11.4 Å². The number of hydrogen-bond donors (Lipinski definition) is 0. The zero-order valence-electron chi connectivity index (χ0n) is 9.87. The fourth-order valence-corrected chi connectivity index (χ4v) is 3.06. The van der Waals surface area contributed by atoms with Crippen molar-refractivity contribution in [2.24, 2.45) is 0 Å². The van der Waals surface area contributed by atoms with Gasteiger partial charge >= 0.3 is 0 Å². The Labute approximate surface area is 121 Å². The molecule has 0 saturated carbocycles. The van der Waals surface area contributed by atoms with Gasteiger partial charge in [0, 0.05) is 28.3 Å². The van der Waals surface area contributed by atoms with Crippen LogP contribution in [0, 0.1) is 0 Å². The molecule has 0 radical (unpaired) electrons. The SMILES string of the molecule is ClCc1ccc(Br)cc1N1CCc2ccccc21. The molecule has 0 spiro atoms. The van der Waals surface area contributed by atoms with Gasteiger partial charge in [-0.2, -0.15) is 0 Å². The first-order chi connectivity index (χ1) is 8.79. The van der Waals surface area contributed by atoms with E-state index in [2.05, 4.69) is 57.2 Å². The summed E-state index contributed by atoms with van der Waals surface area (Å²) in [7, 11) is 0. The quantitative estimate of drug-likeness (QED) is 0.712. The number of alkyl halides is 1. The minimum Gasteiger partial charge on any atom is -0.341 e. The van der Waals surface area contributed by atoms with E-state index in [0.29, 0.717) is 5.88 Å². The van der Waals surface area contributed by atoms with Gasteiger partial charge in [0.15, 0.2) is 0 Å². The minimum atomic E-state index is 0.543. The molecule has 0 fully saturated rings. The van der Waals surface area contributed by atoms with Crippen molar-refractivity contribution >= 4 is 38.9 Å². The Morgan fingerprint density at radius 3 is 2.78 bits per heavy atom. The lowest BCUT2D eigenvalue weighted by Crippen LogP contribution is -2.14. The summed E-state index contributed by atoms with van der Waals surface area (Å²) < 4.78 is 1.09. The van der Waals surface area contributed by atoms with Crippen LogP contribution in [0.3, 0.4) is 0 Å². The largest absolute Gasteiger partial charge is 0.341 e. The van der Waals surface area contributed by atoms with Crippen LogP contribution in [-0.2, 0) is 12.3 Å². The molecule has 0 aliphatic carbocycles. The molecule has 0 unspecified atom stereocenters. The van der Waals surface area contributed by atoms with Crippen LogP contribution in [0.5, 0.6) is 0 Å². The van der Waals surface area contributed by atoms with Gasteiger partial charge in [0.05, 0.1) is 0 Å². The molecule has 1 nitrogen and oxygen atoms in total. The molecule has 3 heteroatoms. The Hall–Kier alpha value is -0.990. The van der Waals surface area contributed by atoms with E-state index in [1.807, 2.05) is 6.07 Å². The number of rotatable bonds is 2. The molecule has 1 aliphatic rings. The van der Waals surface area contributed by atoms with Crippen LogP contribution in [-0.4, -0.2) is 6.54 Å². The van der Waals surface area contributed by atoms with E-state index in [4.69, 9.17) is 11.6 Å². The Morgan fingerprint density at radius 2 is 1.94 bits per heavy atom. The van der Waals surface area contributed by atoms with Crippen LogP contribution < -0.4 is 4.90 Å². The minimum absolute atomic E-state index is 0.543. The van der Waals surface area contributed by atoms with E-state index in [1.54, 1.807) is 0 Å². The van der Waals surface area contributed by atoms with Crippen molar-refractivity contribution in [2.45, 2.75) is 12.3 Å². The summed E-state index contributed by atoms with van der Waals surface area (Å²) in [6.07, 6.45) is 1.10. The smallest absolute Gasteiger partial charge is 0.0494 e. The normalized spacial score (nSPS) is 13.8. The Balaban J connectivity index is 2.09. The molecule has 0 aromatic heterocycles. The standard InChI is InChI=1S/C15H13BrClN/c16-13-6-5-12(10-17)15(9-13)18-8-7-11-3-1-2-4-14(11)18/h1-6,9H,7-8,10H2. The van der Waals surface area contributed by atoms with Gasteiger partial charge in [-0.1, -0.05) is 40.2 Å². The molecule has 2 aromatic rings. The number of benzene rings is 2. The molecule has 0 N–H and O–H groups in total. The molecule has 0 amide bonds. The predicted octanol–water partition coefficient (Wildman–Crippen LogP) is 4.88. The topological polar surface area (TPSA) is 3.24 Å². The number of halogens is 2. The molecule has 1 heterocycles. The van der Waals surface area contributed by atoms with E-state index >= 15 is 0 Å². The molecule has 1 aliphatic heterocycles. The maximum absolute atomic E-state index is 6.05. The van der Waals surface area contributed by atoms with E-state index in [-0.39, 0.29) is 0 Å². The lowest BCUT2D eigenvalue weighted by atomic mass is 10.1. The van der Waals surface area contributed by atoms with Crippen LogP contribution in [0.15, 0.2) is 46.9 Å². The lowest BCUT2D eigenvalue weighted by Gasteiger charge is -2.22. The number of hydrogen-bond acceptors (Lipinski definition) is 1. The highest BCUT2D eigenvalue weighted by Crippen LogP contribution is 2.37. The molecule has 0 bridgehead atoms. The number of nitrogens with zero attached hydrogens (tertiary/aromatic N) is 1. The average Bonchev–Trinajstić information content (AvgIpc) is 2.82. The molecule has 0 saturated heterocycles. The van der Waals surface area contributed by atoms with Gasteiger partial charge in [0.2, 0.25) is 0 Å². The van der Waals surface area contributed by atoms with Crippen LogP contribution in [0.2, 0.25) is 0 Å². The molecule has 18 heavy (non-hydrogen) atoms. The second kappa shape index (κ2) is 4.94. The maximum atomic E-state index is 6.05. The highest BCUT2D eigenvalue weighted by molar-refractivity contribution is 9.10. The average molecular weight is 323 g/mol. The Bertz CT molecular complexity index is 582. The number of fused-ring (bicyclic) bond motifs is 1. The van der Waals surface area contributed by atoms with Gasteiger partial charge in [-0.05, 0) is 35.7 Å². The molecule has 92 valence electrons. The third-order valence-corrected chi connectivity index (χ3v) is 4.15. The molecular formula is C15H13BrClN. The van der Waals surface area contributed by atoms with Crippen molar-refractivity contribution in [3.63, 3.8) is 0 Å². The molecule has 3 rings (SSSR count). The summed E-state index contributed by atoms with van der Waals surface area (Å²) in [6, 6.07) is 14.9. The van der Waals surface area contributed by atoms with Crippen LogP contribution in [0.4, 0.5) is 11.4 Å². The second-order valence-corrected chi connectivity index (χ2v) is 5.62. The van der Waals surface area contributed by atoms with Crippen molar-refractivity contribution in [1.29, 1.82) is 0 Å². The summed E-state index contributed by atoms with van der Waals surface area (Å²) in [6.45, 7) is 1.03. The van der Waals surface area contributed by atoms with Gasteiger partial charge < -0.3 is 4.90 Å². The van der Waals surface area contributed by atoms with Crippen LogP contribution >= 0.6 is 27.5 Å². The van der Waals surface area contributed by atoms with E-state index in [0.717, 1.165) is 17.4 Å². The molecular weight excluding hydrogens is 310 g/mol. The maximum Gasteiger partial charge on any atom is 0.0494 e. The van der Waals surface area contributed by atoms with Gasteiger partial charge in [-0.25, -0.2) is 0 Å². The molecule has 2 aromatic carbocycles. The summed E-state index contributed by atoms with van der Waals surface area (Å²) in [5.41, 5.74) is 5.11. The predicted molar refractivity (Wildman–Crippen MR) is 80.9 cm³/mol. The highest BCUT2D eigenvalue weighted by atomic mass is 79.9. The van der Waals surface area contributed by atoms with Crippen molar-refractivity contribution in [3.8, 4) is 0 Å². The highest BCUT2D eigenvalue weighted by Gasteiger charge is 2.21. The van der Waals surface area contributed by atoms with Crippen molar-refractivity contribution < 1.29 is 0 Å². The summed E-state index contributed by atoms with van der Waals surface area (Å²) >= 11 is 9.59. The lowest BCUT2D eigenvalue weighted by molar-refractivity contribution is 0.990. The third kappa shape index (κ3) is 2.04. The third-order valence-electron chi connectivity index (χ3n) is 3.37. The van der Waals surface area contributed by atoms with Crippen LogP contribution in [0.25, 0.3) is 0 Å². The van der Waals surface area contributed by atoms with Gasteiger partial charge in [0.1, 0.15) is 0 Å². The molecule has 0 atom stereocenters. The Kier molecular flexibility index (Phi) is 3.31. The Morgan fingerprint density at radius 1 is 1.11 bits per heavy atom. The van der Waals surface area contributed by atoms with Crippen molar-refractivity contribution in [3.05, 3.63) is 58.1 Å². The fraction of sp³-hybridized carbons (Fsp3) is 0.200. The van der Waals surface area contributed by atoms with E-state index in [1.165, 1.54) is 22.5 Å². The van der Waals surface area contributed by atoms with Gasteiger partial charge in [-0.3, -0.25) is 0 Å². The summed E-state index contributed by atoms with van der Waals surface area (Å²) in [5, 5.41) is 0. The first-order valence-electron chi connectivity index (χ1n) is 5.99. The number of para-hydroxylation sites is 1. The van der Waals surface area contributed by atoms with E-state index in [9.17, 15) is 0 Å². The monoisotopic (exact) mass is 321 g/mol. The second-order valence-electron chi connectivity index (χ2n) is 4.44. The van der Waals surface area contributed by atoms with Crippen molar-refractivity contribution in [1.82, 2.24) is 0 Å². The van der Waals surface area contributed by atoms with Gasteiger partial charge in [0.25, 0.3) is 0 Å². The van der Waals surface area contributed by atoms with E-state index < -0.39 is 0 Å². The summed E-state index contributed by atoms with van der Waals surface area (Å²) in [5.74, 6) is 0.543. The number of anilines is 2. The zero-order valence-corrected chi connectivity index (χ0v) is 12.2. The van der Waals surface area contributed by atoms with Crippen LogP contribution in [0.1, 0.15) is 11.1 Å². The summed E-state index contributed by atoms with van der Waals surface area (Å²) in [4.78, 5) is 2.36. The first-order valence-corrected chi connectivity index (χ1v) is 7.32. The fourth-order valence-electron chi connectivity index (χ4n) is 2.49. The van der Waals surface area contributed by atoms with Gasteiger partial charge in [-0.15, -0.1) is 11.6 Å². The first kappa shape index (κ1) is 12.1.